The molecule has 3 nitrogen and oxygen atoms in total. The van der Waals surface area contributed by atoms with Crippen LogP contribution in [0.25, 0.3) is 0 Å². The number of hydrogen-bond acceptors (Lipinski definition) is 2. The molecule has 0 aromatic heterocycles. The first-order chi connectivity index (χ1) is 7.83. The molecule has 0 unspecified atom stereocenters. The summed E-state index contributed by atoms with van der Waals surface area (Å²) in [6.45, 7) is 4.30. The van der Waals surface area contributed by atoms with Gasteiger partial charge in [-0.3, -0.25) is 4.79 Å². The zero-order valence-corrected chi connectivity index (χ0v) is 10.6. The molecule has 1 aromatic carbocycles. The summed E-state index contributed by atoms with van der Waals surface area (Å²) in [5.41, 5.74) is 5.26. The van der Waals surface area contributed by atoms with E-state index in [9.17, 15) is 9.18 Å². The lowest BCUT2D eigenvalue weighted by molar-refractivity contribution is -0.125. The molecular formula is C12H16ClFN2O. The number of hydrogen-bond donors (Lipinski definition) is 2. The van der Waals surface area contributed by atoms with Crippen molar-refractivity contribution in [2.24, 2.45) is 11.1 Å². The van der Waals surface area contributed by atoms with Crippen molar-refractivity contribution < 1.29 is 9.18 Å². The molecule has 0 heterocycles. The van der Waals surface area contributed by atoms with Crippen LogP contribution in [0.1, 0.15) is 19.4 Å². The van der Waals surface area contributed by atoms with E-state index in [1.807, 2.05) is 0 Å². The highest BCUT2D eigenvalue weighted by atomic mass is 35.5. The summed E-state index contributed by atoms with van der Waals surface area (Å²) in [4.78, 5) is 11.1. The van der Waals surface area contributed by atoms with Crippen molar-refractivity contribution in [1.82, 2.24) is 5.32 Å². The quantitative estimate of drug-likeness (QED) is 0.850. The monoisotopic (exact) mass is 258 g/mol. The Labute approximate surface area is 105 Å². The summed E-state index contributed by atoms with van der Waals surface area (Å²) in [7, 11) is 0. The van der Waals surface area contributed by atoms with Gasteiger partial charge in [-0.15, -0.1) is 0 Å². The van der Waals surface area contributed by atoms with Crippen molar-refractivity contribution in [3.05, 3.63) is 34.6 Å². The Hall–Kier alpha value is -1.13. The second kappa shape index (κ2) is 5.47. The SMILES string of the molecule is CC(C)(CNCc1cc(F)ccc1Cl)C(N)=O. The third-order valence-corrected chi connectivity index (χ3v) is 2.93. The molecule has 0 aliphatic rings. The standard InChI is InChI=1S/C12H16ClFN2O/c1-12(2,11(15)17)7-16-6-8-5-9(14)3-4-10(8)13/h3-5,16H,6-7H2,1-2H3,(H2,15,17). The van der Waals surface area contributed by atoms with Crippen LogP contribution in [-0.2, 0) is 11.3 Å². The van der Waals surface area contributed by atoms with E-state index >= 15 is 0 Å². The first-order valence-corrected chi connectivity index (χ1v) is 5.65. The van der Waals surface area contributed by atoms with Crippen LogP contribution in [0.2, 0.25) is 5.02 Å². The van der Waals surface area contributed by atoms with Gasteiger partial charge >= 0.3 is 0 Å². The van der Waals surface area contributed by atoms with Crippen LogP contribution in [0.15, 0.2) is 18.2 Å². The highest BCUT2D eigenvalue weighted by Crippen LogP contribution is 2.18. The lowest BCUT2D eigenvalue weighted by atomic mass is 9.93. The van der Waals surface area contributed by atoms with Crippen molar-refractivity contribution in [2.45, 2.75) is 20.4 Å². The Bertz CT molecular complexity index is 421. The van der Waals surface area contributed by atoms with Crippen molar-refractivity contribution >= 4 is 17.5 Å². The maximum absolute atomic E-state index is 13.0. The minimum Gasteiger partial charge on any atom is -0.369 e. The average Bonchev–Trinajstić information content (AvgIpc) is 2.22. The Balaban J connectivity index is 2.57. The fraction of sp³-hybridized carbons (Fsp3) is 0.417. The number of primary amides is 1. The minimum absolute atomic E-state index is 0.333. The topological polar surface area (TPSA) is 55.1 Å². The third kappa shape index (κ3) is 3.98. The van der Waals surface area contributed by atoms with E-state index in [1.54, 1.807) is 13.8 Å². The molecule has 3 N–H and O–H groups in total. The van der Waals surface area contributed by atoms with Crippen LogP contribution in [0, 0.1) is 11.2 Å². The van der Waals surface area contributed by atoms with Crippen LogP contribution in [0.4, 0.5) is 4.39 Å². The first-order valence-electron chi connectivity index (χ1n) is 5.27. The molecule has 5 heteroatoms. The smallest absolute Gasteiger partial charge is 0.224 e. The van der Waals surface area contributed by atoms with Crippen LogP contribution >= 0.6 is 11.6 Å². The largest absolute Gasteiger partial charge is 0.369 e. The predicted molar refractivity (Wildman–Crippen MR) is 66.1 cm³/mol. The van der Waals surface area contributed by atoms with Crippen LogP contribution in [0.5, 0.6) is 0 Å². The molecule has 0 radical (unpaired) electrons. The zero-order valence-electron chi connectivity index (χ0n) is 9.89. The third-order valence-electron chi connectivity index (χ3n) is 2.56. The van der Waals surface area contributed by atoms with E-state index in [0.29, 0.717) is 23.7 Å². The molecule has 0 bridgehead atoms. The summed E-state index contributed by atoms with van der Waals surface area (Å²) in [6, 6.07) is 4.18. The normalized spacial score (nSPS) is 11.5. The summed E-state index contributed by atoms with van der Waals surface area (Å²) < 4.78 is 13.0. The number of amides is 1. The van der Waals surface area contributed by atoms with Gasteiger partial charge in [-0.2, -0.15) is 0 Å². The first kappa shape index (κ1) is 13.9. The molecule has 17 heavy (non-hydrogen) atoms. The Morgan fingerprint density at radius 1 is 1.53 bits per heavy atom. The number of rotatable bonds is 5. The number of carbonyl (C=O) groups excluding carboxylic acids is 1. The van der Waals surface area contributed by atoms with Crippen molar-refractivity contribution in [1.29, 1.82) is 0 Å². The molecule has 0 fully saturated rings. The molecule has 0 aliphatic carbocycles. The molecule has 0 saturated heterocycles. The Morgan fingerprint density at radius 3 is 2.76 bits per heavy atom. The predicted octanol–water partition coefficient (Wildman–Crippen LogP) is 2.08. The van der Waals surface area contributed by atoms with Crippen molar-refractivity contribution in [3.63, 3.8) is 0 Å². The van der Waals surface area contributed by atoms with Gasteiger partial charge in [-0.1, -0.05) is 11.6 Å². The molecule has 94 valence electrons. The van der Waals surface area contributed by atoms with E-state index in [1.165, 1.54) is 18.2 Å². The molecule has 0 saturated carbocycles. The van der Waals surface area contributed by atoms with E-state index < -0.39 is 5.41 Å². The van der Waals surface area contributed by atoms with E-state index in [4.69, 9.17) is 17.3 Å². The molecule has 1 rings (SSSR count). The second-order valence-electron chi connectivity index (χ2n) is 4.59. The van der Waals surface area contributed by atoms with Crippen molar-refractivity contribution in [3.8, 4) is 0 Å². The van der Waals surface area contributed by atoms with E-state index in [-0.39, 0.29) is 11.7 Å². The van der Waals surface area contributed by atoms with Gasteiger partial charge in [0.05, 0.1) is 5.41 Å². The van der Waals surface area contributed by atoms with Crippen LogP contribution in [-0.4, -0.2) is 12.5 Å². The van der Waals surface area contributed by atoms with Crippen LogP contribution in [0.3, 0.4) is 0 Å². The molecule has 0 aliphatic heterocycles. The summed E-state index contributed by atoms with van der Waals surface area (Å²) in [5, 5.41) is 3.54. The lowest BCUT2D eigenvalue weighted by Crippen LogP contribution is -2.40. The van der Waals surface area contributed by atoms with Gasteiger partial charge < -0.3 is 11.1 Å². The summed E-state index contributed by atoms with van der Waals surface area (Å²) in [5.74, 6) is -0.712. The highest BCUT2D eigenvalue weighted by Gasteiger charge is 2.24. The fourth-order valence-electron chi connectivity index (χ4n) is 1.28. The van der Waals surface area contributed by atoms with Gasteiger partial charge in [0.1, 0.15) is 5.82 Å². The summed E-state index contributed by atoms with van der Waals surface area (Å²) in [6.07, 6.45) is 0. The van der Waals surface area contributed by atoms with E-state index in [2.05, 4.69) is 5.32 Å². The maximum Gasteiger partial charge on any atom is 0.224 e. The average molecular weight is 259 g/mol. The molecule has 0 spiro atoms. The number of carbonyl (C=O) groups is 1. The van der Waals surface area contributed by atoms with Gasteiger partial charge in [-0.25, -0.2) is 4.39 Å². The zero-order chi connectivity index (χ0) is 13.1. The minimum atomic E-state index is -0.639. The van der Waals surface area contributed by atoms with Gasteiger partial charge in [0.15, 0.2) is 0 Å². The molecule has 0 atom stereocenters. The highest BCUT2D eigenvalue weighted by molar-refractivity contribution is 6.31. The molecule has 1 amide bonds. The maximum atomic E-state index is 13.0. The van der Waals surface area contributed by atoms with Crippen LogP contribution < -0.4 is 11.1 Å². The second-order valence-corrected chi connectivity index (χ2v) is 4.99. The van der Waals surface area contributed by atoms with Crippen molar-refractivity contribution in [2.75, 3.05) is 6.54 Å². The number of nitrogens with one attached hydrogen (secondary N) is 1. The van der Waals surface area contributed by atoms with E-state index in [0.717, 1.165) is 0 Å². The van der Waals surface area contributed by atoms with Gasteiger partial charge in [0.2, 0.25) is 5.91 Å². The number of halogens is 2. The molecule has 1 aromatic rings. The summed E-state index contributed by atoms with van der Waals surface area (Å²) >= 11 is 5.91. The Kier molecular flexibility index (Phi) is 4.48. The number of nitrogens with two attached hydrogens (primary N) is 1. The van der Waals surface area contributed by atoms with Gasteiger partial charge in [0.25, 0.3) is 0 Å². The molecular weight excluding hydrogens is 243 g/mol. The lowest BCUT2D eigenvalue weighted by Gasteiger charge is -2.21. The van der Waals surface area contributed by atoms with Gasteiger partial charge in [-0.05, 0) is 37.6 Å². The Morgan fingerprint density at radius 2 is 2.18 bits per heavy atom. The number of benzene rings is 1. The van der Waals surface area contributed by atoms with Gasteiger partial charge in [0, 0.05) is 18.1 Å². The fourth-order valence-corrected chi connectivity index (χ4v) is 1.46.